The van der Waals surface area contributed by atoms with Gasteiger partial charge in [0.1, 0.15) is 10.9 Å². The van der Waals surface area contributed by atoms with E-state index in [0.29, 0.717) is 11.0 Å². The number of aromatic nitrogens is 2. The maximum absolute atomic E-state index is 6.03. The normalized spacial score (nSPS) is 21.7. The van der Waals surface area contributed by atoms with Gasteiger partial charge < -0.3 is 4.74 Å². The van der Waals surface area contributed by atoms with Crippen molar-refractivity contribution in [2.75, 3.05) is 0 Å². The fourth-order valence-corrected chi connectivity index (χ4v) is 2.35. The summed E-state index contributed by atoms with van der Waals surface area (Å²) in [6.07, 6.45) is 6.81. The Hall–Kier alpha value is -1.06. The summed E-state index contributed by atoms with van der Waals surface area (Å²) < 4.78 is 5.56. The Morgan fingerprint density at radius 2 is 2.20 bits per heavy atom. The number of rotatable bonds is 0. The number of nitrogens with zero attached hydrogens (tertiary/aromatic N) is 2. The third-order valence-electron chi connectivity index (χ3n) is 2.51. The van der Waals surface area contributed by atoms with Gasteiger partial charge in [0.05, 0.1) is 11.5 Å². The molecule has 1 aromatic rings. The zero-order chi connectivity index (χ0) is 10.4. The van der Waals surface area contributed by atoms with Gasteiger partial charge in [0, 0.05) is 0 Å². The molecule has 3 nitrogen and oxygen atoms in total. The van der Waals surface area contributed by atoms with E-state index in [0.717, 1.165) is 17.7 Å². The minimum atomic E-state index is 0.117. The molecule has 5 heteroatoms. The second-order valence-electron chi connectivity index (χ2n) is 3.39. The highest BCUT2D eigenvalue weighted by atomic mass is 35.5. The van der Waals surface area contributed by atoms with Gasteiger partial charge in [0.25, 0.3) is 0 Å². The number of fused-ring (bicyclic) bond motifs is 3. The molecule has 76 valence electrons. The summed E-state index contributed by atoms with van der Waals surface area (Å²) in [5.41, 5.74) is 0.844. The smallest absolute Gasteiger partial charge is 0.228 e. The highest BCUT2D eigenvalue weighted by Gasteiger charge is 2.34. The molecular weight excluding hydrogens is 235 g/mol. The van der Waals surface area contributed by atoms with Crippen LogP contribution in [0.1, 0.15) is 17.9 Å². The van der Waals surface area contributed by atoms with Crippen molar-refractivity contribution in [3.63, 3.8) is 0 Å². The van der Waals surface area contributed by atoms with Crippen molar-refractivity contribution in [3.8, 4) is 5.88 Å². The van der Waals surface area contributed by atoms with Crippen molar-refractivity contribution in [1.82, 2.24) is 9.97 Å². The van der Waals surface area contributed by atoms with Crippen molar-refractivity contribution >= 4 is 23.2 Å². The Labute approximate surface area is 96.4 Å². The molecule has 2 heterocycles. The van der Waals surface area contributed by atoms with Gasteiger partial charge in [-0.2, -0.15) is 4.98 Å². The first-order valence-electron chi connectivity index (χ1n) is 4.53. The monoisotopic (exact) mass is 240 g/mol. The molecule has 0 N–H and O–H groups in total. The maximum Gasteiger partial charge on any atom is 0.228 e. The minimum Gasteiger partial charge on any atom is -0.442 e. The summed E-state index contributed by atoms with van der Waals surface area (Å²) in [5, 5.41) is 0.500. The molecule has 0 saturated carbocycles. The van der Waals surface area contributed by atoms with E-state index in [-0.39, 0.29) is 11.2 Å². The third kappa shape index (κ3) is 1.34. The molecule has 1 aromatic heterocycles. The lowest BCUT2D eigenvalue weighted by Crippen LogP contribution is -2.00. The molecule has 0 bridgehead atoms. The molecule has 1 aliphatic heterocycles. The van der Waals surface area contributed by atoms with Crippen LogP contribution in [0, 0.1) is 0 Å². The van der Waals surface area contributed by atoms with Crippen LogP contribution in [0.3, 0.4) is 0 Å². The summed E-state index contributed by atoms with van der Waals surface area (Å²) >= 11 is 11.7. The lowest BCUT2D eigenvalue weighted by Gasteiger charge is -2.10. The van der Waals surface area contributed by atoms with Crippen molar-refractivity contribution in [2.24, 2.45) is 0 Å². The number of hydrogen-bond acceptors (Lipinski definition) is 3. The zero-order valence-electron chi connectivity index (χ0n) is 7.58. The molecular formula is C10H6Cl2N2O. The molecule has 0 amide bonds. The molecule has 15 heavy (non-hydrogen) atoms. The van der Waals surface area contributed by atoms with Crippen LogP contribution < -0.4 is 4.74 Å². The van der Waals surface area contributed by atoms with Crippen LogP contribution in [0.25, 0.3) is 0 Å². The van der Waals surface area contributed by atoms with Crippen LogP contribution in [-0.2, 0) is 0 Å². The topological polar surface area (TPSA) is 35.0 Å². The first kappa shape index (κ1) is 9.19. The van der Waals surface area contributed by atoms with Crippen LogP contribution in [0.2, 0.25) is 10.4 Å². The van der Waals surface area contributed by atoms with Gasteiger partial charge >= 0.3 is 0 Å². The van der Waals surface area contributed by atoms with Crippen LogP contribution in [0.5, 0.6) is 5.88 Å². The van der Waals surface area contributed by atoms with Gasteiger partial charge in [-0.05, 0) is 24.1 Å². The van der Waals surface area contributed by atoms with Crippen molar-refractivity contribution in [2.45, 2.75) is 12.3 Å². The molecule has 1 atom stereocenters. The number of halogens is 2. The average Bonchev–Trinajstić information content (AvgIpc) is 2.54. The molecule has 2 aliphatic rings. The Morgan fingerprint density at radius 1 is 1.33 bits per heavy atom. The van der Waals surface area contributed by atoms with Gasteiger partial charge in [-0.1, -0.05) is 23.8 Å². The van der Waals surface area contributed by atoms with E-state index in [1.165, 1.54) is 0 Å². The standard InChI is InChI=1S/C10H6Cl2N2O/c11-8-7-5-3-1-2-4-6(5)15-9(7)14-10(12)13-8/h1-2,4-5H,3H2. The quantitative estimate of drug-likeness (QED) is 0.517. The Bertz CT molecular complexity index is 496. The lowest BCUT2D eigenvalue weighted by atomic mass is 9.94. The van der Waals surface area contributed by atoms with Gasteiger partial charge in [-0.25, -0.2) is 4.98 Å². The second-order valence-corrected chi connectivity index (χ2v) is 4.09. The van der Waals surface area contributed by atoms with E-state index < -0.39 is 0 Å². The predicted molar refractivity (Wildman–Crippen MR) is 57.3 cm³/mol. The van der Waals surface area contributed by atoms with Gasteiger partial charge in [-0.15, -0.1) is 0 Å². The largest absolute Gasteiger partial charge is 0.442 e. The van der Waals surface area contributed by atoms with Crippen LogP contribution in [0.15, 0.2) is 24.0 Å². The van der Waals surface area contributed by atoms with E-state index >= 15 is 0 Å². The van der Waals surface area contributed by atoms with Crippen molar-refractivity contribution in [3.05, 3.63) is 40.0 Å². The van der Waals surface area contributed by atoms with E-state index in [1.54, 1.807) is 0 Å². The fourth-order valence-electron chi connectivity index (χ4n) is 1.86. The highest BCUT2D eigenvalue weighted by molar-refractivity contribution is 6.32. The average molecular weight is 241 g/mol. The minimum absolute atomic E-state index is 0.117. The van der Waals surface area contributed by atoms with Crippen LogP contribution in [0.4, 0.5) is 0 Å². The summed E-state index contributed by atoms with van der Waals surface area (Å²) in [6.45, 7) is 0. The summed E-state index contributed by atoms with van der Waals surface area (Å²) in [5.74, 6) is 1.50. The molecule has 0 saturated heterocycles. The van der Waals surface area contributed by atoms with Crippen molar-refractivity contribution < 1.29 is 4.74 Å². The van der Waals surface area contributed by atoms with E-state index in [2.05, 4.69) is 16.0 Å². The van der Waals surface area contributed by atoms with Gasteiger partial charge in [0.2, 0.25) is 11.2 Å². The fraction of sp³-hybridized carbons (Fsp3) is 0.200. The maximum atomic E-state index is 6.03. The number of allylic oxidation sites excluding steroid dienone is 4. The highest BCUT2D eigenvalue weighted by Crippen LogP contribution is 2.46. The van der Waals surface area contributed by atoms with Gasteiger partial charge in [0.15, 0.2) is 0 Å². The van der Waals surface area contributed by atoms with Crippen LogP contribution >= 0.6 is 23.2 Å². The molecule has 0 spiro atoms. The predicted octanol–water partition coefficient (Wildman–Crippen LogP) is 3.10. The van der Waals surface area contributed by atoms with E-state index in [1.807, 2.05) is 12.2 Å². The first-order chi connectivity index (χ1) is 7.25. The summed E-state index contributed by atoms with van der Waals surface area (Å²) in [7, 11) is 0. The van der Waals surface area contributed by atoms with Crippen LogP contribution in [-0.4, -0.2) is 9.97 Å². The molecule has 0 fully saturated rings. The molecule has 1 aliphatic carbocycles. The lowest BCUT2D eigenvalue weighted by molar-refractivity contribution is 0.412. The molecule has 3 rings (SSSR count). The summed E-state index contributed by atoms with van der Waals surface area (Å²) in [4.78, 5) is 7.94. The Kier molecular flexibility index (Phi) is 1.97. The van der Waals surface area contributed by atoms with E-state index in [4.69, 9.17) is 27.9 Å². The molecule has 0 radical (unpaired) electrons. The number of ether oxygens (including phenoxy) is 1. The zero-order valence-corrected chi connectivity index (χ0v) is 9.09. The third-order valence-corrected chi connectivity index (χ3v) is 2.97. The van der Waals surface area contributed by atoms with Crippen molar-refractivity contribution in [1.29, 1.82) is 0 Å². The molecule has 0 aromatic carbocycles. The van der Waals surface area contributed by atoms with E-state index in [9.17, 15) is 0 Å². The molecule has 1 unspecified atom stereocenters. The summed E-state index contributed by atoms with van der Waals surface area (Å²) in [6, 6.07) is 0. The SMILES string of the molecule is Clc1nc(Cl)c2c(n1)OC1=CC=CCC12. The first-order valence-corrected chi connectivity index (χ1v) is 5.29. The second kappa shape index (κ2) is 3.22. The van der Waals surface area contributed by atoms with Gasteiger partial charge in [-0.3, -0.25) is 0 Å². The Balaban J connectivity index is 2.18. The Morgan fingerprint density at radius 3 is 3.07 bits per heavy atom. The number of hydrogen-bond donors (Lipinski definition) is 0.